The highest BCUT2D eigenvalue weighted by Crippen LogP contribution is 2.15. The predicted molar refractivity (Wildman–Crippen MR) is 110 cm³/mol. The molecule has 0 spiro atoms. The molecule has 0 aliphatic carbocycles. The summed E-state index contributed by atoms with van der Waals surface area (Å²) in [5, 5.41) is 7.81. The highest BCUT2D eigenvalue weighted by atomic mass is 32.1. The van der Waals surface area contributed by atoms with Crippen LogP contribution in [0.3, 0.4) is 0 Å². The van der Waals surface area contributed by atoms with Crippen molar-refractivity contribution < 1.29 is 0 Å². The molecule has 0 radical (unpaired) electrons. The van der Waals surface area contributed by atoms with Crippen molar-refractivity contribution in [3.63, 3.8) is 0 Å². The zero-order chi connectivity index (χ0) is 19.1. The highest BCUT2D eigenvalue weighted by Gasteiger charge is 2.18. The van der Waals surface area contributed by atoms with Crippen LogP contribution in [-0.2, 0) is 6.54 Å². The van der Waals surface area contributed by atoms with Crippen molar-refractivity contribution in [2.75, 3.05) is 51.2 Å². The van der Waals surface area contributed by atoms with Crippen LogP contribution < -0.4 is 15.5 Å². The number of hydrogen-bond donors (Lipinski definition) is 2. The van der Waals surface area contributed by atoms with Crippen molar-refractivity contribution in [3.05, 3.63) is 34.0 Å². The van der Waals surface area contributed by atoms with Gasteiger partial charge in [-0.2, -0.15) is 0 Å². The number of nitrogens with one attached hydrogen (secondary N) is 2. The Labute approximate surface area is 164 Å². The van der Waals surface area contributed by atoms with Gasteiger partial charge in [-0.3, -0.25) is 9.89 Å². The molecule has 2 aromatic rings. The topological polar surface area (TPSA) is 81.6 Å². The molecule has 1 fully saturated rings. The Hall–Kier alpha value is -2.26. The Morgan fingerprint density at radius 1 is 1.15 bits per heavy atom. The molecule has 146 valence electrons. The Kier molecular flexibility index (Phi) is 6.94. The lowest BCUT2D eigenvalue weighted by Gasteiger charge is -2.34. The molecule has 0 amide bonds. The first kappa shape index (κ1) is 19.5. The molecule has 0 unspecified atom stereocenters. The van der Waals surface area contributed by atoms with E-state index in [-0.39, 0.29) is 0 Å². The van der Waals surface area contributed by atoms with Gasteiger partial charge < -0.3 is 15.5 Å². The first-order valence-electron chi connectivity index (χ1n) is 9.27. The number of aryl methyl sites for hydroxylation is 2. The van der Waals surface area contributed by atoms with Crippen LogP contribution in [0.2, 0.25) is 0 Å². The van der Waals surface area contributed by atoms with Crippen molar-refractivity contribution in [2.45, 2.75) is 20.4 Å². The van der Waals surface area contributed by atoms with E-state index in [0.717, 1.165) is 61.9 Å². The molecule has 2 N–H and O–H groups in total. The molecule has 0 saturated carbocycles. The molecular formula is C18H28N8S. The summed E-state index contributed by atoms with van der Waals surface area (Å²) in [5.74, 6) is 1.64. The third-order valence-corrected chi connectivity index (χ3v) is 5.70. The van der Waals surface area contributed by atoms with Crippen LogP contribution in [0.5, 0.6) is 0 Å². The highest BCUT2D eigenvalue weighted by molar-refractivity contribution is 7.11. The van der Waals surface area contributed by atoms with Crippen LogP contribution in [0.4, 0.5) is 5.95 Å². The molecule has 1 aliphatic rings. The molecule has 8 nitrogen and oxygen atoms in total. The number of anilines is 1. The molecule has 0 atom stereocenters. The van der Waals surface area contributed by atoms with Gasteiger partial charge in [-0.05, 0) is 19.9 Å². The van der Waals surface area contributed by atoms with Crippen LogP contribution in [0.25, 0.3) is 0 Å². The van der Waals surface area contributed by atoms with Crippen molar-refractivity contribution in [1.82, 2.24) is 30.5 Å². The van der Waals surface area contributed by atoms with Gasteiger partial charge in [0.05, 0.1) is 12.2 Å². The van der Waals surface area contributed by atoms with E-state index in [4.69, 9.17) is 0 Å². The third-order valence-electron chi connectivity index (χ3n) is 4.63. The minimum absolute atomic E-state index is 0.703. The lowest BCUT2D eigenvalue weighted by atomic mass is 10.3. The Balaban J connectivity index is 1.35. The lowest BCUT2D eigenvalue weighted by Crippen LogP contribution is -2.49. The van der Waals surface area contributed by atoms with Gasteiger partial charge in [0.1, 0.15) is 5.01 Å². The van der Waals surface area contributed by atoms with Crippen molar-refractivity contribution in [2.24, 2.45) is 4.99 Å². The Morgan fingerprint density at radius 2 is 1.89 bits per heavy atom. The van der Waals surface area contributed by atoms with Gasteiger partial charge in [0, 0.05) is 63.6 Å². The zero-order valence-electron chi connectivity index (χ0n) is 16.3. The second-order valence-corrected chi connectivity index (χ2v) is 7.77. The number of nitrogens with zero attached hydrogens (tertiary/aromatic N) is 6. The average molecular weight is 389 g/mol. The molecule has 3 rings (SSSR count). The molecule has 0 bridgehead atoms. The van der Waals surface area contributed by atoms with E-state index in [2.05, 4.69) is 47.3 Å². The maximum Gasteiger partial charge on any atom is 0.225 e. The number of aliphatic imine (C=N–C) groups is 1. The standard InChI is InChI=1S/C18H28N8S/c1-14-15(2)27-16(24-14)13-23-17(19-3)20-7-8-25-9-11-26(12-10-25)18-21-5-4-6-22-18/h4-6H,7-13H2,1-3H3,(H2,19,20,23). The van der Waals surface area contributed by atoms with Gasteiger partial charge in [-0.25, -0.2) is 15.0 Å². The summed E-state index contributed by atoms with van der Waals surface area (Å²) in [5.41, 5.74) is 1.11. The smallest absolute Gasteiger partial charge is 0.225 e. The van der Waals surface area contributed by atoms with Crippen LogP contribution in [-0.4, -0.2) is 72.1 Å². The van der Waals surface area contributed by atoms with Crippen LogP contribution in [0, 0.1) is 13.8 Å². The number of rotatable bonds is 6. The summed E-state index contributed by atoms with van der Waals surface area (Å²) in [6, 6.07) is 1.85. The number of hydrogen-bond acceptors (Lipinski definition) is 7. The molecule has 2 aromatic heterocycles. The van der Waals surface area contributed by atoms with Crippen molar-refractivity contribution >= 4 is 23.2 Å². The van der Waals surface area contributed by atoms with E-state index in [1.165, 1.54) is 4.88 Å². The summed E-state index contributed by atoms with van der Waals surface area (Å²) < 4.78 is 0. The quantitative estimate of drug-likeness (QED) is 0.565. The number of aromatic nitrogens is 3. The molecular weight excluding hydrogens is 360 g/mol. The van der Waals surface area contributed by atoms with Gasteiger partial charge >= 0.3 is 0 Å². The third kappa shape index (κ3) is 5.61. The van der Waals surface area contributed by atoms with E-state index < -0.39 is 0 Å². The van der Waals surface area contributed by atoms with E-state index in [0.29, 0.717) is 6.54 Å². The second kappa shape index (κ2) is 9.61. The summed E-state index contributed by atoms with van der Waals surface area (Å²) in [6.07, 6.45) is 3.59. The van der Waals surface area contributed by atoms with Gasteiger partial charge in [0.25, 0.3) is 0 Å². The van der Waals surface area contributed by atoms with Crippen molar-refractivity contribution in [3.8, 4) is 0 Å². The lowest BCUT2D eigenvalue weighted by molar-refractivity contribution is 0.260. The summed E-state index contributed by atoms with van der Waals surface area (Å²) in [7, 11) is 1.80. The summed E-state index contributed by atoms with van der Waals surface area (Å²) in [4.78, 5) is 23.5. The monoisotopic (exact) mass is 388 g/mol. The van der Waals surface area contributed by atoms with E-state index in [1.807, 2.05) is 13.0 Å². The van der Waals surface area contributed by atoms with E-state index in [9.17, 15) is 0 Å². The van der Waals surface area contributed by atoms with Crippen LogP contribution in [0.15, 0.2) is 23.5 Å². The molecule has 1 saturated heterocycles. The van der Waals surface area contributed by atoms with Gasteiger partial charge in [0.15, 0.2) is 5.96 Å². The average Bonchev–Trinajstić information content (AvgIpc) is 3.03. The fourth-order valence-electron chi connectivity index (χ4n) is 2.95. The van der Waals surface area contributed by atoms with E-state index in [1.54, 1.807) is 30.8 Å². The molecule has 1 aliphatic heterocycles. The second-order valence-electron chi connectivity index (χ2n) is 6.48. The maximum atomic E-state index is 4.55. The normalized spacial score (nSPS) is 15.8. The van der Waals surface area contributed by atoms with Crippen LogP contribution in [0.1, 0.15) is 15.6 Å². The fourth-order valence-corrected chi connectivity index (χ4v) is 3.83. The fraction of sp³-hybridized carbons (Fsp3) is 0.556. The summed E-state index contributed by atoms with van der Waals surface area (Å²) in [6.45, 7) is 10.7. The molecule has 3 heterocycles. The van der Waals surface area contributed by atoms with Crippen molar-refractivity contribution in [1.29, 1.82) is 0 Å². The van der Waals surface area contributed by atoms with Gasteiger partial charge in [-0.1, -0.05) is 0 Å². The molecule has 9 heteroatoms. The number of thiazole rings is 1. The predicted octanol–water partition coefficient (Wildman–Crippen LogP) is 1.04. The maximum absolute atomic E-state index is 4.55. The van der Waals surface area contributed by atoms with Gasteiger partial charge in [0.2, 0.25) is 5.95 Å². The first-order valence-corrected chi connectivity index (χ1v) is 10.1. The zero-order valence-corrected chi connectivity index (χ0v) is 17.1. The Bertz CT molecular complexity index is 718. The molecule has 0 aromatic carbocycles. The Morgan fingerprint density at radius 3 is 2.52 bits per heavy atom. The van der Waals surface area contributed by atoms with Gasteiger partial charge in [-0.15, -0.1) is 11.3 Å². The largest absolute Gasteiger partial charge is 0.355 e. The minimum Gasteiger partial charge on any atom is -0.355 e. The number of guanidine groups is 1. The molecule has 27 heavy (non-hydrogen) atoms. The van der Waals surface area contributed by atoms with E-state index >= 15 is 0 Å². The van der Waals surface area contributed by atoms with Crippen LogP contribution >= 0.6 is 11.3 Å². The first-order chi connectivity index (χ1) is 13.2. The minimum atomic E-state index is 0.703. The summed E-state index contributed by atoms with van der Waals surface area (Å²) >= 11 is 1.73. The SMILES string of the molecule is CN=C(NCCN1CCN(c2ncccn2)CC1)NCc1nc(C)c(C)s1. The number of piperazine rings is 1.